The van der Waals surface area contributed by atoms with Crippen LogP contribution >= 0.6 is 11.6 Å². The maximum Gasteiger partial charge on any atom is 0.129 e. The van der Waals surface area contributed by atoms with Crippen molar-refractivity contribution in [1.29, 1.82) is 0 Å². The number of halogens is 1. The minimum absolute atomic E-state index is 0.483. The van der Waals surface area contributed by atoms with Crippen molar-refractivity contribution in [3.63, 3.8) is 0 Å². The molecule has 0 atom stereocenters. The van der Waals surface area contributed by atoms with Gasteiger partial charge in [0.05, 0.1) is 0 Å². The second-order valence-corrected chi connectivity index (χ2v) is 4.20. The smallest absolute Gasteiger partial charge is 0.129 e. The van der Waals surface area contributed by atoms with E-state index in [-0.39, 0.29) is 0 Å². The van der Waals surface area contributed by atoms with Crippen LogP contribution in [0.4, 0.5) is 0 Å². The molecule has 0 fully saturated rings. The molecule has 0 bridgehead atoms. The predicted molar refractivity (Wildman–Crippen MR) is 74.7 cm³/mol. The standard InChI is InChI=1S/C15H14ClNO/c1-2-5-13-6-3-4-7-14(13)18-11-12-8-9-17-15(16)10-12/h2-10H,11H2,1H3/b5-2+. The van der Waals surface area contributed by atoms with Crippen LogP contribution in [0, 0.1) is 0 Å². The Bertz CT molecular complexity index is 552. The average molecular weight is 260 g/mol. The van der Waals surface area contributed by atoms with Gasteiger partial charge in [-0.15, -0.1) is 0 Å². The van der Waals surface area contributed by atoms with Crippen molar-refractivity contribution in [2.24, 2.45) is 0 Å². The third-order valence-electron chi connectivity index (χ3n) is 2.45. The molecule has 0 N–H and O–H groups in total. The highest BCUT2D eigenvalue weighted by Crippen LogP contribution is 2.21. The van der Waals surface area contributed by atoms with Crippen LogP contribution in [0.25, 0.3) is 6.08 Å². The van der Waals surface area contributed by atoms with Crippen molar-refractivity contribution < 1.29 is 4.74 Å². The molecule has 0 aliphatic heterocycles. The van der Waals surface area contributed by atoms with E-state index in [9.17, 15) is 0 Å². The van der Waals surface area contributed by atoms with Crippen LogP contribution in [-0.4, -0.2) is 4.98 Å². The van der Waals surface area contributed by atoms with E-state index in [1.54, 1.807) is 12.3 Å². The lowest BCUT2D eigenvalue weighted by Gasteiger charge is -2.09. The first-order valence-corrected chi connectivity index (χ1v) is 6.12. The van der Waals surface area contributed by atoms with Crippen molar-refractivity contribution in [3.05, 3.63) is 65.0 Å². The third kappa shape index (κ3) is 3.34. The van der Waals surface area contributed by atoms with Gasteiger partial charge >= 0.3 is 0 Å². The number of nitrogens with zero attached hydrogens (tertiary/aromatic N) is 1. The van der Waals surface area contributed by atoms with E-state index >= 15 is 0 Å². The number of pyridine rings is 1. The normalized spacial score (nSPS) is 10.8. The fourth-order valence-electron chi connectivity index (χ4n) is 1.62. The van der Waals surface area contributed by atoms with Crippen LogP contribution in [-0.2, 0) is 6.61 Å². The second kappa shape index (κ2) is 6.22. The molecule has 0 unspecified atom stereocenters. The SMILES string of the molecule is C/C=C/c1ccccc1OCc1ccnc(Cl)c1. The van der Waals surface area contributed by atoms with Gasteiger partial charge in [0, 0.05) is 11.8 Å². The van der Waals surface area contributed by atoms with E-state index in [1.807, 2.05) is 49.4 Å². The van der Waals surface area contributed by atoms with Gasteiger partial charge in [-0.25, -0.2) is 4.98 Å². The zero-order valence-electron chi connectivity index (χ0n) is 10.1. The summed E-state index contributed by atoms with van der Waals surface area (Å²) in [6, 6.07) is 11.6. The minimum Gasteiger partial charge on any atom is -0.488 e. The average Bonchev–Trinajstić information content (AvgIpc) is 2.38. The molecule has 0 aliphatic carbocycles. The van der Waals surface area contributed by atoms with Gasteiger partial charge in [-0.2, -0.15) is 0 Å². The first-order chi connectivity index (χ1) is 8.79. The Labute approximate surface area is 112 Å². The molecule has 1 heterocycles. The van der Waals surface area contributed by atoms with Gasteiger partial charge < -0.3 is 4.74 Å². The molecule has 1 aromatic heterocycles. The Hall–Kier alpha value is -1.80. The Morgan fingerprint density at radius 3 is 2.89 bits per heavy atom. The fourth-order valence-corrected chi connectivity index (χ4v) is 1.82. The van der Waals surface area contributed by atoms with Crippen molar-refractivity contribution in [1.82, 2.24) is 4.98 Å². The molecular weight excluding hydrogens is 246 g/mol. The monoisotopic (exact) mass is 259 g/mol. The van der Waals surface area contributed by atoms with Crippen LogP contribution < -0.4 is 4.74 Å². The van der Waals surface area contributed by atoms with E-state index in [0.717, 1.165) is 16.9 Å². The number of allylic oxidation sites excluding steroid dienone is 1. The molecule has 2 aromatic rings. The summed E-state index contributed by atoms with van der Waals surface area (Å²) < 4.78 is 5.79. The van der Waals surface area contributed by atoms with Crippen molar-refractivity contribution in [3.8, 4) is 5.75 Å². The molecular formula is C15H14ClNO. The van der Waals surface area contributed by atoms with E-state index in [0.29, 0.717) is 11.8 Å². The molecule has 92 valence electrons. The number of para-hydroxylation sites is 1. The maximum absolute atomic E-state index is 5.83. The summed E-state index contributed by atoms with van der Waals surface area (Å²) in [5.41, 5.74) is 2.07. The lowest BCUT2D eigenvalue weighted by Crippen LogP contribution is -1.97. The van der Waals surface area contributed by atoms with E-state index in [1.165, 1.54) is 0 Å². The first-order valence-electron chi connectivity index (χ1n) is 5.74. The highest BCUT2D eigenvalue weighted by Gasteiger charge is 2.01. The summed E-state index contributed by atoms with van der Waals surface area (Å²) in [6.45, 7) is 2.47. The van der Waals surface area contributed by atoms with Gasteiger partial charge in [-0.1, -0.05) is 42.0 Å². The Balaban J connectivity index is 2.10. The Morgan fingerprint density at radius 2 is 2.11 bits per heavy atom. The quantitative estimate of drug-likeness (QED) is 0.762. The molecule has 0 saturated heterocycles. The van der Waals surface area contributed by atoms with E-state index in [2.05, 4.69) is 4.98 Å². The van der Waals surface area contributed by atoms with E-state index < -0.39 is 0 Å². The number of benzene rings is 1. The molecule has 0 aliphatic rings. The lowest BCUT2D eigenvalue weighted by molar-refractivity contribution is 0.305. The van der Waals surface area contributed by atoms with Crippen molar-refractivity contribution in [2.45, 2.75) is 13.5 Å². The molecule has 1 aromatic carbocycles. The summed E-state index contributed by atoms with van der Waals surface area (Å²) in [4.78, 5) is 3.94. The number of hydrogen-bond acceptors (Lipinski definition) is 2. The molecule has 0 saturated carbocycles. The first kappa shape index (κ1) is 12.7. The van der Waals surface area contributed by atoms with Crippen LogP contribution in [0.5, 0.6) is 5.75 Å². The van der Waals surface area contributed by atoms with Crippen LogP contribution in [0.3, 0.4) is 0 Å². The van der Waals surface area contributed by atoms with Gasteiger partial charge in [-0.3, -0.25) is 0 Å². The summed E-state index contributed by atoms with van der Waals surface area (Å²) in [7, 11) is 0. The topological polar surface area (TPSA) is 22.1 Å². The highest BCUT2D eigenvalue weighted by molar-refractivity contribution is 6.29. The van der Waals surface area contributed by atoms with Gasteiger partial charge in [0.2, 0.25) is 0 Å². The third-order valence-corrected chi connectivity index (χ3v) is 2.66. The van der Waals surface area contributed by atoms with Gasteiger partial charge in [0.1, 0.15) is 17.5 Å². The molecule has 0 spiro atoms. The molecule has 0 radical (unpaired) electrons. The molecule has 2 nitrogen and oxygen atoms in total. The molecule has 0 amide bonds. The zero-order valence-corrected chi connectivity index (χ0v) is 10.9. The zero-order chi connectivity index (χ0) is 12.8. The van der Waals surface area contributed by atoms with Crippen LogP contribution in [0.1, 0.15) is 18.1 Å². The van der Waals surface area contributed by atoms with Crippen molar-refractivity contribution >= 4 is 17.7 Å². The second-order valence-electron chi connectivity index (χ2n) is 3.81. The largest absolute Gasteiger partial charge is 0.488 e. The summed E-state index contributed by atoms with van der Waals surface area (Å²) in [5, 5.41) is 0.484. The summed E-state index contributed by atoms with van der Waals surface area (Å²) in [6.07, 6.45) is 5.69. The maximum atomic E-state index is 5.83. The Morgan fingerprint density at radius 1 is 1.28 bits per heavy atom. The van der Waals surface area contributed by atoms with Crippen LogP contribution in [0.15, 0.2) is 48.7 Å². The summed E-state index contributed by atoms with van der Waals surface area (Å²) in [5.74, 6) is 0.864. The molecule has 2 rings (SSSR count). The molecule has 18 heavy (non-hydrogen) atoms. The predicted octanol–water partition coefficient (Wildman–Crippen LogP) is 4.35. The number of rotatable bonds is 4. The highest BCUT2D eigenvalue weighted by atomic mass is 35.5. The van der Waals surface area contributed by atoms with Crippen molar-refractivity contribution in [2.75, 3.05) is 0 Å². The number of ether oxygens (including phenoxy) is 1. The van der Waals surface area contributed by atoms with Gasteiger partial charge in [0.15, 0.2) is 0 Å². The lowest BCUT2D eigenvalue weighted by atomic mass is 10.2. The minimum atomic E-state index is 0.483. The molecule has 3 heteroatoms. The number of aromatic nitrogens is 1. The van der Waals surface area contributed by atoms with E-state index in [4.69, 9.17) is 16.3 Å². The fraction of sp³-hybridized carbons (Fsp3) is 0.133. The van der Waals surface area contributed by atoms with Gasteiger partial charge in [-0.05, 0) is 30.7 Å². The van der Waals surface area contributed by atoms with Gasteiger partial charge in [0.25, 0.3) is 0 Å². The summed E-state index contributed by atoms with van der Waals surface area (Å²) >= 11 is 5.83. The Kier molecular flexibility index (Phi) is 4.37. The number of hydrogen-bond donors (Lipinski definition) is 0. The van der Waals surface area contributed by atoms with Crippen LogP contribution in [0.2, 0.25) is 5.15 Å².